The number of hydrogen-bond acceptors (Lipinski definition) is 4. The van der Waals surface area contributed by atoms with Crippen molar-refractivity contribution >= 4 is 5.82 Å². The predicted octanol–water partition coefficient (Wildman–Crippen LogP) is 1.87. The zero-order chi connectivity index (χ0) is 11.5. The van der Waals surface area contributed by atoms with Gasteiger partial charge in [-0.15, -0.1) is 0 Å². The zero-order valence-electron chi connectivity index (χ0n) is 8.64. The van der Waals surface area contributed by atoms with Gasteiger partial charge in [-0.3, -0.25) is 0 Å². The van der Waals surface area contributed by atoms with Crippen LogP contribution in [0.2, 0.25) is 0 Å². The molecule has 0 saturated heterocycles. The standard InChI is InChI=1S/C11H10FN3O/c1-16-10-9(14-6-15-11(10)13)7-4-2-3-5-8(7)12/h2-6H,1H3,(H2,13,14,15). The van der Waals surface area contributed by atoms with E-state index in [2.05, 4.69) is 9.97 Å². The number of halogens is 1. The molecule has 0 unspecified atom stereocenters. The number of benzene rings is 1. The molecule has 0 aliphatic rings. The fraction of sp³-hybridized carbons (Fsp3) is 0.0909. The molecule has 1 aromatic heterocycles. The lowest BCUT2D eigenvalue weighted by atomic mass is 10.1. The molecular weight excluding hydrogens is 209 g/mol. The average Bonchev–Trinajstić information content (AvgIpc) is 2.29. The zero-order valence-corrected chi connectivity index (χ0v) is 8.64. The quantitative estimate of drug-likeness (QED) is 0.837. The Bertz CT molecular complexity index is 516. The van der Waals surface area contributed by atoms with Crippen molar-refractivity contribution in [2.45, 2.75) is 0 Å². The summed E-state index contributed by atoms with van der Waals surface area (Å²) in [4.78, 5) is 7.77. The second kappa shape index (κ2) is 4.14. The van der Waals surface area contributed by atoms with E-state index in [9.17, 15) is 4.39 Å². The number of hydrogen-bond donors (Lipinski definition) is 1. The molecule has 0 saturated carbocycles. The van der Waals surface area contributed by atoms with E-state index in [4.69, 9.17) is 10.5 Å². The first-order valence-electron chi connectivity index (χ1n) is 4.63. The second-order valence-electron chi connectivity index (χ2n) is 3.12. The molecule has 1 aromatic carbocycles. The summed E-state index contributed by atoms with van der Waals surface area (Å²) in [5.41, 5.74) is 6.32. The lowest BCUT2D eigenvalue weighted by molar-refractivity contribution is 0.415. The maximum absolute atomic E-state index is 13.6. The van der Waals surface area contributed by atoms with Crippen LogP contribution < -0.4 is 10.5 Å². The van der Waals surface area contributed by atoms with Gasteiger partial charge in [0.15, 0.2) is 11.6 Å². The van der Waals surface area contributed by atoms with Gasteiger partial charge in [-0.1, -0.05) is 12.1 Å². The van der Waals surface area contributed by atoms with E-state index in [1.54, 1.807) is 18.2 Å². The third kappa shape index (κ3) is 1.67. The van der Waals surface area contributed by atoms with Gasteiger partial charge >= 0.3 is 0 Å². The Morgan fingerprint density at radius 2 is 2.00 bits per heavy atom. The first kappa shape index (κ1) is 10.4. The van der Waals surface area contributed by atoms with Gasteiger partial charge in [0.25, 0.3) is 0 Å². The summed E-state index contributed by atoms with van der Waals surface area (Å²) in [6, 6.07) is 6.29. The molecule has 0 atom stereocenters. The average molecular weight is 219 g/mol. The van der Waals surface area contributed by atoms with Gasteiger partial charge in [-0.2, -0.15) is 0 Å². The van der Waals surface area contributed by atoms with E-state index in [1.165, 1.54) is 19.5 Å². The Morgan fingerprint density at radius 3 is 2.69 bits per heavy atom. The highest BCUT2D eigenvalue weighted by molar-refractivity contribution is 5.71. The number of anilines is 1. The van der Waals surface area contributed by atoms with Gasteiger partial charge in [-0.25, -0.2) is 14.4 Å². The van der Waals surface area contributed by atoms with E-state index < -0.39 is 0 Å². The van der Waals surface area contributed by atoms with E-state index in [-0.39, 0.29) is 17.4 Å². The molecule has 0 spiro atoms. The van der Waals surface area contributed by atoms with E-state index in [0.29, 0.717) is 11.3 Å². The highest BCUT2D eigenvalue weighted by Gasteiger charge is 2.14. The van der Waals surface area contributed by atoms with Crippen molar-refractivity contribution in [1.29, 1.82) is 0 Å². The van der Waals surface area contributed by atoms with Crippen molar-refractivity contribution in [3.8, 4) is 17.0 Å². The van der Waals surface area contributed by atoms with Crippen molar-refractivity contribution in [3.63, 3.8) is 0 Å². The van der Waals surface area contributed by atoms with Crippen LogP contribution in [-0.2, 0) is 0 Å². The van der Waals surface area contributed by atoms with Gasteiger partial charge in [-0.05, 0) is 12.1 Å². The topological polar surface area (TPSA) is 61.0 Å². The molecule has 4 nitrogen and oxygen atoms in total. The first-order chi connectivity index (χ1) is 7.74. The molecule has 0 aliphatic carbocycles. The Morgan fingerprint density at radius 1 is 1.25 bits per heavy atom. The van der Waals surface area contributed by atoms with Crippen molar-refractivity contribution in [1.82, 2.24) is 9.97 Å². The van der Waals surface area contributed by atoms with Crippen LogP contribution in [-0.4, -0.2) is 17.1 Å². The number of nitrogen functional groups attached to an aromatic ring is 1. The summed E-state index contributed by atoms with van der Waals surface area (Å²) in [5, 5.41) is 0. The summed E-state index contributed by atoms with van der Waals surface area (Å²) >= 11 is 0. The van der Waals surface area contributed by atoms with Gasteiger partial charge < -0.3 is 10.5 Å². The molecule has 0 radical (unpaired) electrons. The molecule has 16 heavy (non-hydrogen) atoms. The van der Waals surface area contributed by atoms with Crippen molar-refractivity contribution < 1.29 is 9.13 Å². The molecule has 2 N–H and O–H groups in total. The molecular formula is C11H10FN3O. The fourth-order valence-corrected chi connectivity index (χ4v) is 1.43. The number of methoxy groups -OCH3 is 1. The first-order valence-corrected chi connectivity index (χ1v) is 4.63. The molecule has 0 aliphatic heterocycles. The Hall–Kier alpha value is -2.17. The largest absolute Gasteiger partial charge is 0.491 e. The van der Waals surface area contributed by atoms with Crippen molar-refractivity contribution in [2.75, 3.05) is 12.8 Å². The minimum Gasteiger partial charge on any atom is -0.491 e. The number of ether oxygens (including phenoxy) is 1. The highest BCUT2D eigenvalue weighted by Crippen LogP contribution is 2.32. The molecule has 0 fully saturated rings. The minimum absolute atomic E-state index is 0.191. The van der Waals surface area contributed by atoms with Gasteiger partial charge in [0.2, 0.25) is 0 Å². The van der Waals surface area contributed by atoms with Gasteiger partial charge in [0.05, 0.1) is 7.11 Å². The summed E-state index contributed by atoms with van der Waals surface area (Å²) in [6.07, 6.45) is 1.28. The van der Waals surface area contributed by atoms with Crippen molar-refractivity contribution in [3.05, 3.63) is 36.4 Å². The van der Waals surface area contributed by atoms with E-state index >= 15 is 0 Å². The van der Waals surface area contributed by atoms with Crippen molar-refractivity contribution in [2.24, 2.45) is 0 Å². The van der Waals surface area contributed by atoms with Crippen LogP contribution in [0.5, 0.6) is 5.75 Å². The van der Waals surface area contributed by atoms with E-state index in [0.717, 1.165) is 0 Å². The lowest BCUT2D eigenvalue weighted by Gasteiger charge is -2.09. The Labute approximate surface area is 91.9 Å². The second-order valence-corrected chi connectivity index (χ2v) is 3.12. The summed E-state index contributed by atoms with van der Waals surface area (Å²) in [6.45, 7) is 0. The smallest absolute Gasteiger partial charge is 0.187 e. The molecule has 0 amide bonds. The lowest BCUT2D eigenvalue weighted by Crippen LogP contribution is -2.00. The Kier molecular flexibility index (Phi) is 2.68. The third-order valence-corrected chi connectivity index (χ3v) is 2.16. The summed E-state index contributed by atoms with van der Waals surface area (Å²) in [7, 11) is 1.44. The summed E-state index contributed by atoms with van der Waals surface area (Å²) < 4.78 is 18.6. The molecule has 2 aromatic rings. The molecule has 2 rings (SSSR count). The van der Waals surface area contributed by atoms with Crippen LogP contribution >= 0.6 is 0 Å². The van der Waals surface area contributed by atoms with Crippen LogP contribution in [0.1, 0.15) is 0 Å². The Balaban J connectivity index is 2.65. The third-order valence-electron chi connectivity index (χ3n) is 2.16. The van der Waals surface area contributed by atoms with Crippen LogP contribution in [0, 0.1) is 5.82 Å². The molecule has 1 heterocycles. The van der Waals surface area contributed by atoms with Gasteiger partial charge in [0.1, 0.15) is 17.8 Å². The maximum atomic E-state index is 13.6. The normalized spacial score (nSPS) is 10.1. The van der Waals surface area contributed by atoms with Crippen LogP contribution in [0.15, 0.2) is 30.6 Å². The number of aromatic nitrogens is 2. The maximum Gasteiger partial charge on any atom is 0.187 e. The monoisotopic (exact) mass is 219 g/mol. The number of nitrogens with two attached hydrogens (primary N) is 1. The van der Waals surface area contributed by atoms with E-state index in [1.807, 2.05) is 0 Å². The predicted molar refractivity (Wildman–Crippen MR) is 58.4 cm³/mol. The van der Waals surface area contributed by atoms with Gasteiger partial charge in [0, 0.05) is 5.56 Å². The fourth-order valence-electron chi connectivity index (χ4n) is 1.43. The SMILES string of the molecule is COc1c(N)ncnc1-c1ccccc1F. The highest BCUT2D eigenvalue weighted by atomic mass is 19.1. The van der Waals surface area contributed by atoms with Crippen LogP contribution in [0.25, 0.3) is 11.3 Å². The molecule has 0 bridgehead atoms. The van der Waals surface area contributed by atoms with Crippen LogP contribution in [0.3, 0.4) is 0 Å². The number of nitrogens with zero attached hydrogens (tertiary/aromatic N) is 2. The summed E-state index contributed by atoms with van der Waals surface area (Å²) in [5.74, 6) is 0.0993. The minimum atomic E-state index is -0.376. The number of rotatable bonds is 2. The molecule has 5 heteroatoms. The van der Waals surface area contributed by atoms with Crippen LogP contribution in [0.4, 0.5) is 10.2 Å². The molecule has 82 valence electrons.